The molecule has 0 saturated carbocycles. The molecule has 24 heavy (non-hydrogen) atoms. The Morgan fingerprint density at radius 3 is 1.75 bits per heavy atom. The van der Waals surface area contributed by atoms with Gasteiger partial charge in [0.15, 0.2) is 0 Å². The van der Waals surface area contributed by atoms with Crippen LogP contribution in [-0.2, 0) is 4.79 Å². The number of amides is 2. The molecule has 126 valence electrons. The first-order valence-corrected chi connectivity index (χ1v) is 7.43. The van der Waals surface area contributed by atoms with Gasteiger partial charge in [-0.2, -0.15) is 0 Å². The molecule has 2 rings (SSSR count). The van der Waals surface area contributed by atoms with Crippen molar-refractivity contribution in [1.82, 2.24) is 20.8 Å². The lowest BCUT2D eigenvalue weighted by Gasteiger charge is -2.03. The highest BCUT2D eigenvalue weighted by Crippen LogP contribution is 2.07. The van der Waals surface area contributed by atoms with Gasteiger partial charge in [0.25, 0.3) is 11.1 Å². The third-order valence-electron chi connectivity index (χ3n) is 2.30. The maximum absolute atomic E-state index is 11.3. The number of carbonyl (C=O) groups excluding carboxylic acids is 3. The Morgan fingerprint density at radius 1 is 0.875 bits per heavy atom. The van der Waals surface area contributed by atoms with Crippen LogP contribution in [0.1, 0.15) is 27.6 Å². The lowest BCUT2D eigenvalue weighted by atomic mass is 10.3. The number of hydrazine groups is 1. The standard InChI is InChI=1S/C8H8ClN3O2.C6H3Cl2NO/c1-5(13)11-12-8(14)6-2-3-7(9)10-4-6;7-5-2-1-4(3-9-5)6(8)10/h2-4H,1H3,(H,11,13)(H,12,14);1-3H. The van der Waals surface area contributed by atoms with Crippen molar-refractivity contribution < 1.29 is 14.4 Å². The van der Waals surface area contributed by atoms with Crippen LogP contribution in [0, 0.1) is 0 Å². The average Bonchev–Trinajstić information content (AvgIpc) is 2.54. The van der Waals surface area contributed by atoms with Gasteiger partial charge in [-0.1, -0.05) is 23.2 Å². The van der Waals surface area contributed by atoms with E-state index in [4.69, 9.17) is 34.8 Å². The third-order valence-corrected chi connectivity index (χ3v) is 2.96. The number of pyridine rings is 2. The Bertz CT molecular complexity index is 721. The molecule has 0 saturated heterocycles. The van der Waals surface area contributed by atoms with E-state index in [-0.39, 0.29) is 5.91 Å². The van der Waals surface area contributed by atoms with Crippen LogP contribution < -0.4 is 10.9 Å². The number of aromatic nitrogens is 2. The minimum Gasteiger partial charge on any atom is -0.276 e. The van der Waals surface area contributed by atoms with Gasteiger partial charge in [0.2, 0.25) is 5.91 Å². The topological polar surface area (TPSA) is 101 Å². The minimum absolute atomic E-state index is 0.307. The van der Waals surface area contributed by atoms with E-state index in [1.54, 1.807) is 0 Å². The highest BCUT2D eigenvalue weighted by atomic mass is 35.5. The van der Waals surface area contributed by atoms with E-state index in [1.807, 2.05) is 0 Å². The number of nitrogens with one attached hydrogen (secondary N) is 2. The smallest absolute Gasteiger partial charge is 0.271 e. The quantitative estimate of drug-likeness (QED) is 0.467. The summed E-state index contributed by atoms with van der Waals surface area (Å²) < 4.78 is 0. The zero-order chi connectivity index (χ0) is 18.1. The summed E-state index contributed by atoms with van der Waals surface area (Å²) in [5.41, 5.74) is 5.03. The van der Waals surface area contributed by atoms with Gasteiger partial charge in [0, 0.05) is 19.3 Å². The fourth-order valence-electron chi connectivity index (χ4n) is 1.22. The number of carbonyl (C=O) groups is 3. The van der Waals surface area contributed by atoms with Gasteiger partial charge in [0.05, 0.1) is 11.1 Å². The van der Waals surface area contributed by atoms with Gasteiger partial charge in [0.1, 0.15) is 10.3 Å². The molecule has 0 unspecified atom stereocenters. The molecule has 0 aliphatic rings. The van der Waals surface area contributed by atoms with E-state index in [1.165, 1.54) is 43.6 Å². The Kier molecular flexibility index (Phi) is 8.11. The number of nitrogens with zero attached hydrogens (tertiary/aromatic N) is 2. The van der Waals surface area contributed by atoms with Gasteiger partial charge in [-0.3, -0.25) is 25.2 Å². The van der Waals surface area contributed by atoms with Crippen LogP contribution in [0.15, 0.2) is 36.7 Å². The molecule has 0 atom stereocenters. The Hall–Kier alpha value is -2.22. The normalized spacial score (nSPS) is 9.33. The predicted molar refractivity (Wildman–Crippen MR) is 90.0 cm³/mol. The van der Waals surface area contributed by atoms with Crippen molar-refractivity contribution in [1.29, 1.82) is 0 Å². The fraction of sp³-hybridized carbons (Fsp3) is 0.0714. The van der Waals surface area contributed by atoms with E-state index in [0.717, 1.165) is 0 Å². The Morgan fingerprint density at radius 2 is 1.38 bits per heavy atom. The molecule has 0 aliphatic heterocycles. The SMILES string of the molecule is CC(=O)NNC(=O)c1ccc(Cl)nc1.O=C(Cl)c1ccc(Cl)nc1. The first-order valence-electron chi connectivity index (χ1n) is 6.29. The molecule has 0 bridgehead atoms. The molecule has 0 aromatic carbocycles. The predicted octanol–water partition coefficient (Wildman–Crippen LogP) is 2.63. The number of rotatable bonds is 2. The Balaban J connectivity index is 0.000000254. The van der Waals surface area contributed by atoms with Crippen LogP contribution in [0.4, 0.5) is 0 Å². The van der Waals surface area contributed by atoms with Crippen molar-refractivity contribution in [2.45, 2.75) is 6.92 Å². The second-order valence-electron chi connectivity index (χ2n) is 4.15. The summed E-state index contributed by atoms with van der Waals surface area (Å²) >= 11 is 16.1. The third kappa shape index (κ3) is 7.36. The van der Waals surface area contributed by atoms with Crippen molar-refractivity contribution in [3.8, 4) is 0 Å². The summed E-state index contributed by atoms with van der Waals surface area (Å²) in [4.78, 5) is 39.5. The van der Waals surface area contributed by atoms with Crippen molar-refractivity contribution in [2.24, 2.45) is 0 Å². The minimum atomic E-state index is -0.524. The van der Waals surface area contributed by atoms with Crippen molar-refractivity contribution >= 4 is 51.9 Å². The van der Waals surface area contributed by atoms with Crippen molar-refractivity contribution in [2.75, 3.05) is 0 Å². The highest BCUT2D eigenvalue weighted by molar-refractivity contribution is 6.67. The molecule has 2 amide bonds. The molecule has 0 fully saturated rings. The van der Waals surface area contributed by atoms with Crippen molar-refractivity contribution in [3.63, 3.8) is 0 Å². The summed E-state index contributed by atoms with van der Waals surface area (Å²) in [6.07, 6.45) is 2.65. The van der Waals surface area contributed by atoms with E-state index in [0.29, 0.717) is 21.4 Å². The average molecular weight is 390 g/mol. The summed E-state index contributed by atoms with van der Waals surface area (Å²) in [5.74, 6) is -0.787. The van der Waals surface area contributed by atoms with Gasteiger partial charge in [-0.25, -0.2) is 9.97 Å². The summed E-state index contributed by atoms with van der Waals surface area (Å²) in [6, 6.07) is 6.03. The van der Waals surface area contributed by atoms with Crippen molar-refractivity contribution in [3.05, 3.63) is 58.1 Å². The lowest BCUT2D eigenvalue weighted by molar-refractivity contribution is -0.119. The second kappa shape index (κ2) is 9.82. The molecule has 7 nitrogen and oxygen atoms in total. The van der Waals surface area contributed by atoms with Gasteiger partial charge in [-0.15, -0.1) is 0 Å². The van der Waals surface area contributed by atoms with Crippen LogP contribution in [0.3, 0.4) is 0 Å². The maximum atomic E-state index is 11.3. The monoisotopic (exact) mass is 388 g/mol. The van der Waals surface area contributed by atoms with Crippen LogP contribution in [0.5, 0.6) is 0 Å². The van der Waals surface area contributed by atoms with Crippen LogP contribution >= 0.6 is 34.8 Å². The van der Waals surface area contributed by atoms with E-state index >= 15 is 0 Å². The van der Waals surface area contributed by atoms with Crippen LogP contribution in [0.25, 0.3) is 0 Å². The molecular weight excluding hydrogens is 379 g/mol. The summed E-state index contributed by atoms with van der Waals surface area (Å²) in [6.45, 7) is 1.29. The first kappa shape index (κ1) is 19.8. The van der Waals surface area contributed by atoms with E-state index in [2.05, 4.69) is 20.8 Å². The molecule has 0 aliphatic carbocycles. The zero-order valence-electron chi connectivity index (χ0n) is 12.2. The van der Waals surface area contributed by atoms with Gasteiger partial charge >= 0.3 is 0 Å². The number of halogens is 3. The summed E-state index contributed by atoms with van der Waals surface area (Å²) in [7, 11) is 0. The zero-order valence-corrected chi connectivity index (χ0v) is 14.5. The van der Waals surface area contributed by atoms with Gasteiger partial charge in [-0.05, 0) is 35.9 Å². The molecule has 2 N–H and O–H groups in total. The molecular formula is C14H11Cl3N4O3. The number of hydrogen-bond acceptors (Lipinski definition) is 5. The van der Waals surface area contributed by atoms with E-state index in [9.17, 15) is 14.4 Å². The first-order chi connectivity index (χ1) is 11.3. The van der Waals surface area contributed by atoms with Crippen LogP contribution in [0.2, 0.25) is 10.3 Å². The van der Waals surface area contributed by atoms with E-state index < -0.39 is 11.1 Å². The highest BCUT2D eigenvalue weighted by Gasteiger charge is 2.05. The molecule has 2 aromatic heterocycles. The molecule has 10 heteroatoms. The maximum Gasteiger partial charge on any atom is 0.271 e. The molecule has 0 spiro atoms. The molecule has 0 radical (unpaired) electrons. The fourth-order valence-corrected chi connectivity index (χ4v) is 1.55. The summed E-state index contributed by atoms with van der Waals surface area (Å²) in [5, 5.41) is 0.131. The second-order valence-corrected chi connectivity index (χ2v) is 5.27. The van der Waals surface area contributed by atoms with Gasteiger partial charge < -0.3 is 0 Å². The largest absolute Gasteiger partial charge is 0.276 e. The molecule has 2 aromatic rings. The number of hydrogen-bond donors (Lipinski definition) is 2. The lowest BCUT2D eigenvalue weighted by Crippen LogP contribution is -2.40. The molecule has 2 heterocycles. The van der Waals surface area contributed by atoms with Crippen LogP contribution in [-0.4, -0.2) is 27.0 Å². The Labute approximate surface area is 152 Å².